The number of aromatic amines is 1. The zero-order valence-electron chi connectivity index (χ0n) is 20.5. The number of nitrogens with zero attached hydrogens (tertiary/aromatic N) is 1. The number of ether oxygens (including phenoxy) is 1. The summed E-state index contributed by atoms with van der Waals surface area (Å²) < 4.78 is 5.18. The van der Waals surface area contributed by atoms with Crippen molar-refractivity contribution in [1.29, 1.82) is 0 Å². The molecular formula is C25H33ClN4O4. The van der Waals surface area contributed by atoms with Crippen molar-refractivity contribution in [3.63, 3.8) is 0 Å². The van der Waals surface area contributed by atoms with Crippen molar-refractivity contribution in [2.24, 2.45) is 0 Å². The Morgan fingerprint density at radius 3 is 2.65 bits per heavy atom. The molecule has 184 valence electrons. The van der Waals surface area contributed by atoms with Gasteiger partial charge in [-0.05, 0) is 56.5 Å². The monoisotopic (exact) mass is 488 g/mol. The topological polar surface area (TPSA) is 104 Å². The van der Waals surface area contributed by atoms with Crippen molar-refractivity contribution in [1.82, 2.24) is 15.2 Å². The maximum Gasteiger partial charge on any atom is 0.298 e. The van der Waals surface area contributed by atoms with Crippen LogP contribution in [0.3, 0.4) is 0 Å². The summed E-state index contributed by atoms with van der Waals surface area (Å²) in [4.78, 5) is 41.9. The molecule has 8 nitrogen and oxygen atoms in total. The van der Waals surface area contributed by atoms with Crippen LogP contribution in [-0.4, -0.2) is 47.9 Å². The molecule has 1 amide bonds. The van der Waals surface area contributed by atoms with E-state index in [9.17, 15) is 14.4 Å². The molecule has 0 aliphatic carbocycles. The number of benzene rings is 1. The predicted molar refractivity (Wildman–Crippen MR) is 134 cm³/mol. The molecule has 3 N–H and O–H groups in total. The van der Waals surface area contributed by atoms with Crippen molar-refractivity contribution in [2.75, 3.05) is 18.9 Å². The number of H-pyrrole nitrogens is 1. The van der Waals surface area contributed by atoms with Gasteiger partial charge in [0.15, 0.2) is 5.75 Å². The van der Waals surface area contributed by atoms with Gasteiger partial charge in [-0.2, -0.15) is 0 Å². The minimum absolute atomic E-state index is 0.0830. The van der Waals surface area contributed by atoms with Crippen LogP contribution in [-0.2, 0) is 11.3 Å². The number of hydrogen-bond acceptors (Lipinski definition) is 6. The number of nitrogens with one attached hydrogen (secondary N) is 3. The van der Waals surface area contributed by atoms with Crippen LogP contribution in [0.15, 0.2) is 16.9 Å². The molecule has 9 heteroatoms. The first-order valence-electron chi connectivity index (χ1n) is 11.5. The van der Waals surface area contributed by atoms with Crippen LogP contribution in [0.5, 0.6) is 5.75 Å². The summed E-state index contributed by atoms with van der Waals surface area (Å²) in [5, 5.41) is 6.45. The summed E-state index contributed by atoms with van der Waals surface area (Å²) in [6.07, 6.45) is 0.953. The van der Waals surface area contributed by atoms with E-state index in [-0.39, 0.29) is 40.7 Å². The molecule has 1 saturated heterocycles. The number of anilines is 1. The number of likely N-dealkylation sites (tertiary alicyclic amines) is 1. The highest BCUT2D eigenvalue weighted by molar-refractivity contribution is 6.33. The molecule has 1 aliphatic heterocycles. The Kier molecular flexibility index (Phi) is 8.05. The van der Waals surface area contributed by atoms with E-state index in [0.29, 0.717) is 34.9 Å². The molecule has 2 unspecified atom stereocenters. The van der Waals surface area contributed by atoms with Gasteiger partial charge in [-0.3, -0.25) is 19.3 Å². The third-order valence-corrected chi connectivity index (χ3v) is 6.80. The first kappa shape index (κ1) is 25.8. The molecule has 3 rings (SSSR count). The first-order valence-corrected chi connectivity index (χ1v) is 11.9. The van der Waals surface area contributed by atoms with Crippen LogP contribution >= 0.6 is 11.6 Å². The maximum atomic E-state index is 13.2. The van der Waals surface area contributed by atoms with Gasteiger partial charge in [0.2, 0.25) is 0 Å². The lowest BCUT2D eigenvalue weighted by molar-refractivity contribution is -0.120. The summed E-state index contributed by atoms with van der Waals surface area (Å²) in [6, 6.07) is 3.88. The van der Waals surface area contributed by atoms with Crippen molar-refractivity contribution >= 4 is 29.7 Å². The lowest BCUT2D eigenvalue weighted by atomic mass is 9.93. The molecule has 0 saturated carbocycles. The molecule has 2 aromatic rings. The van der Waals surface area contributed by atoms with Crippen LogP contribution in [0.2, 0.25) is 5.02 Å². The molecule has 0 spiro atoms. The van der Waals surface area contributed by atoms with Gasteiger partial charge in [-0.15, -0.1) is 0 Å². The molecular weight excluding hydrogens is 456 g/mol. The number of rotatable bonds is 9. The van der Waals surface area contributed by atoms with Crippen LogP contribution in [0.4, 0.5) is 5.69 Å². The lowest BCUT2D eigenvalue weighted by Crippen LogP contribution is -2.61. The van der Waals surface area contributed by atoms with Crippen molar-refractivity contribution in [2.45, 2.75) is 65.6 Å². The molecule has 0 bridgehead atoms. The molecule has 2 atom stereocenters. The number of hydrogen-bond donors (Lipinski definition) is 3. The van der Waals surface area contributed by atoms with Gasteiger partial charge in [0.25, 0.3) is 17.9 Å². The summed E-state index contributed by atoms with van der Waals surface area (Å²) in [6.45, 7) is 11.0. The van der Waals surface area contributed by atoms with E-state index in [4.69, 9.17) is 16.3 Å². The molecule has 0 radical (unpaired) electrons. The third kappa shape index (κ3) is 5.13. The minimum Gasteiger partial charge on any atom is -0.425 e. The Hall–Kier alpha value is -2.84. The van der Waals surface area contributed by atoms with Crippen molar-refractivity contribution in [3.05, 3.63) is 55.5 Å². The molecule has 1 aromatic heterocycles. The fraction of sp³-hybridized carbons (Fsp3) is 0.480. The Balaban J connectivity index is 1.91. The SMILES string of the molecule is CCC1C(Nc2c(C)c(C(=O)NCc3c(C(C)C)cc(C)[nH]c3=O)cc(Cl)c2OC=O)CN1C. The zero-order valence-corrected chi connectivity index (χ0v) is 21.3. The van der Waals surface area contributed by atoms with Crippen molar-refractivity contribution in [3.8, 4) is 5.75 Å². The van der Waals surface area contributed by atoms with Crippen molar-refractivity contribution < 1.29 is 14.3 Å². The second-order valence-corrected chi connectivity index (χ2v) is 9.58. The van der Waals surface area contributed by atoms with E-state index in [1.54, 1.807) is 6.92 Å². The number of carbonyl (C=O) groups is 2. The van der Waals surface area contributed by atoms with Gasteiger partial charge in [-0.1, -0.05) is 32.4 Å². The number of carbonyl (C=O) groups excluding carboxylic acids is 2. The maximum absolute atomic E-state index is 13.2. The number of likely N-dealkylation sites (N-methyl/N-ethyl adjacent to an activating group) is 1. The third-order valence-electron chi connectivity index (χ3n) is 6.52. The Bertz CT molecular complexity index is 1140. The second-order valence-electron chi connectivity index (χ2n) is 9.17. The normalized spacial score (nSPS) is 17.9. The fourth-order valence-electron chi connectivity index (χ4n) is 4.66. The molecule has 1 aliphatic rings. The van der Waals surface area contributed by atoms with E-state index >= 15 is 0 Å². The first-order chi connectivity index (χ1) is 16.1. The number of halogens is 1. The zero-order chi connectivity index (χ0) is 25.2. The van der Waals surface area contributed by atoms with Crippen LogP contribution in [0.1, 0.15) is 65.9 Å². The Labute approximate surface area is 205 Å². The highest BCUT2D eigenvalue weighted by Crippen LogP contribution is 2.39. The van der Waals surface area contributed by atoms with Gasteiger partial charge in [0.1, 0.15) is 0 Å². The summed E-state index contributed by atoms with van der Waals surface area (Å²) in [7, 11) is 2.05. The molecule has 34 heavy (non-hydrogen) atoms. The van der Waals surface area contributed by atoms with E-state index in [1.807, 2.05) is 26.8 Å². The van der Waals surface area contributed by atoms with E-state index < -0.39 is 0 Å². The largest absolute Gasteiger partial charge is 0.425 e. The summed E-state index contributed by atoms with van der Waals surface area (Å²) in [5.41, 5.74) is 3.48. The number of amides is 1. The van der Waals surface area contributed by atoms with E-state index in [2.05, 4.69) is 34.5 Å². The average molecular weight is 489 g/mol. The fourth-order valence-corrected chi connectivity index (χ4v) is 4.91. The second kappa shape index (κ2) is 10.6. The van der Waals surface area contributed by atoms with Crippen LogP contribution < -0.4 is 20.9 Å². The van der Waals surface area contributed by atoms with Gasteiger partial charge in [0, 0.05) is 36.0 Å². The number of pyridine rings is 1. The molecule has 2 heterocycles. The van der Waals surface area contributed by atoms with Gasteiger partial charge in [0.05, 0.1) is 16.8 Å². The summed E-state index contributed by atoms with van der Waals surface area (Å²) in [5.74, 6) is -0.0356. The van der Waals surface area contributed by atoms with Gasteiger partial charge in [-0.25, -0.2) is 0 Å². The molecule has 1 aromatic carbocycles. The van der Waals surface area contributed by atoms with Crippen LogP contribution in [0.25, 0.3) is 0 Å². The van der Waals surface area contributed by atoms with Crippen LogP contribution in [0, 0.1) is 13.8 Å². The smallest absolute Gasteiger partial charge is 0.298 e. The number of aryl methyl sites for hydroxylation is 1. The average Bonchev–Trinajstić information content (AvgIpc) is 2.76. The molecule has 1 fully saturated rings. The number of aromatic nitrogens is 1. The van der Waals surface area contributed by atoms with E-state index in [1.165, 1.54) is 6.07 Å². The van der Waals surface area contributed by atoms with E-state index in [0.717, 1.165) is 24.2 Å². The summed E-state index contributed by atoms with van der Waals surface area (Å²) >= 11 is 6.43. The Morgan fingerprint density at radius 1 is 1.35 bits per heavy atom. The Morgan fingerprint density at radius 2 is 2.06 bits per heavy atom. The quantitative estimate of drug-likeness (QED) is 0.464. The highest BCUT2D eigenvalue weighted by Gasteiger charge is 2.36. The lowest BCUT2D eigenvalue weighted by Gasteiger charge is -2.46. The standard InChI is InChI=1S/C25H33ClN4O4/c1-7-21-20(11-30(21)6)29-22-15(5)17(9-19(26)23(22)34-12-31)24(32)27-10-18-16(13(2)3)8-14(4)28-25(18)33/h8-9,12-13,20-21,29H,7,10-11H2,1-6H3,(H,27,32)(H,28,33). The highest BCUT2D eigenvalue weighted by atomic mass is 35.5. The predicted octanol–water partition coefficient (Wildman–Crippen LogP) is 3.74. The minimum atomic E-state index is -0.368. The van der Waals surface area contributed by atoms with Gasteiger partial charge >= 0.3 is 0 Å². The van der Waals surface area contributed by atoms with Gasteiger partial charge < -0.3 is 20.4 Å².